The monoisotopic (exact) mass is 526 g/mol. The fourth-order valence-electron chi connectivity index (χ4n) is 3.79. The molecule has 0 saturated heterocycles. The van der Waals surface area contributed by atoms with Crippen molar-refractivity contribution in [1.82, 2.24) is 0 Å². The number of ether oxygens (including phenoxy) is 1. The fraction of sp³-hybridized carbons (Fsp3) is 0.0345. The number of carbonyl (C=O) groups is 1. The van der Waals surface area contributed by atoms with Crippen LogP contribution in [0.3, 0.4) is 0 Å². The zero-order valence-corrected chi connectivity index (χ0v) is 20.2. The number of benzene rings is 4. The lowest BCUT2D eigenvalue weighted by Crippen LogP contribution is -2.21. The zero-order chi connectivity index (χ0) is 24.2. The second kappa shape index (κ2) is 10.1. The Morgan fingerprint density at radius 2 is 1.57 bits per heavy atom. The van der Waals surface area contributed by atoms with Crippen LogP contribution in [0.4, 0.5) is 10.1 Å². The Hall–Kier alpha value is -4.03. The van der Waals surface area contributed by atoms with Crippen LogP contribution in [0.5, 0.6) is 5.75 Å². The molecule has 0 aromatic heterocycles. The van der Waals surface area contributed by atoms with Crippen LogP contribution < -0.4 is 9.75 Å². The summed E-state index contributed by atoms with van der Waals surface area (Å²) in [6, 6.07) is 30.9. The second-order valence-electron chi connectivity index (χ2n) is 7.89. The van der Waals surface area contributed by atoms with E-state index in [0.717, 1.165) is 10.0 Å². The Kier molecular flexibility index (Phi) is 6.55. The van der Waals surface area contributed by atoms with Crippen LogP contribution in [-0.4, -0.2) is 11.6 Å². The summed E-state index contributed by atoms with van der Waals surface area (Å²) in [5.41, 5.74) is 3.65. The molecule has 6 heteroatoms. The minimum Gasteiger partial charge on any atom is -0.488 e. The molecule has 0 fully saturated rings. The zero-order valence-electron chi connectivity index (χ0n) is 18.6. The van der Waals surface area contributed by atoms with Gasteiger partial charge in [-0.3, -0.25) is 4.79 Å². The number of para-hydroxylation sites is 1. The molecule has 1 amide bonds. The topological polar surface area (TPSA) is 41.9 Å². The predicted octanol–water partition coefficient (Wildman–Crippen LogP) is 7.00. The van der Waals surface area contributed by atoms with Gasteiger partial charge >= 0.3 is 0 Å². The average molecular weight is 527 g/mol. The molecule has 0 bridgehead atoms. The quantitative estimate of drug-likeness (QED) is 0.254. The van der Waals surface area contributed by atoms with Crippen molar-refractivity contribution in [1.29, 1.82) is 0 Å². The molecule has 1 aliphatic rings. The van der Waals surface area contributed by atoms with Crippen molar-refractivity contribution in [2.45, 2.75) is 6.61 Å². The van der Waals surface area contributed by atoms with E-state index in [2.05, 4.69) is 21.0 Å². The van der Waals surface area contributed by atoms with Crippen molar-refractivity contribution in [2.75, 3.05) is 5.01 Å². The molecule has 4 aromatic carbocycles. The number of hydrogen-bond donors (Lipinski definition) is 0. The van der Waals surface area contributed by atoms with E-state index < -0.39 is 0 Å². The second-order valence-corrected chi connectivity index (χ2v) is 8.80. The molecular formula is C29H20BrFN2O2. The van der Waals surface area contributed by atoms with Gasteiger partial charge in [0.15, 0.2) is 0 Å². The highest BCUT2D eigenvalue weighted by Crippen LogP contribution is 2.31. The Morgan fingerprint density at radius 1 is 0.886 bits per heavy atom. The molecule has 0 aliphatic carbocycles. The fourth-order valence-corrected chi connectivity index (χ4v) is 4.17. The van der Waals surface area contributed by atoms with E-state index in [-0.39, 0.29) is 18.3 Å². The summed E-state index contributed by atoms with van der Waals surface area (Å²) in [4.78, 5) is 13.6. The molecule has 1 aliphatic heterocycles. The predicted molar refractivity (Wildman–Crippen MR) is 140 cm³/mol. The molecule has 5 rings (SSSR count). The standard InChI is InChI=1S/C29H20BrFN2O2/c30-23-15-16-27(35-19-21-11-7-8-14-26(21)31)22(17-23)18-25-28(20-9-3-1-4-10-20)32-33(29(25)34)24-12-5-2-6-13-24/h1-18H,19H2/b25-18-. The van der Waals surface area contributed by atoms with Crippen LogP contribution in [0.25, 0.3) is 6.08 Å². The summed E-state index contributed by atoms with van der Waals surface area (Å²) < 4.78 is 20.9. The van der Waals surface area contributed by atoms with Crippen molar-refractivity contribution in [3.63, 3.8) is 0 Å². The van der Waals surface area contributed by atoms with Crippen molar-refractivity contribution < 1.29 is 13.9 Å². The summed E-state index contributed by atoms with van der Waals surface area (Å²) in [6.45, 7) is 0.0637. The van der Waals surface area contributed by atoms with Crippen LogP contribution in [0.1, 0.15) is 16.7 Å². The van der Waals surface area contributed by atoms with E-state index in [4.69, 9.17) is 4.74 Å². The first-order valence-electron chi connectivity index (χ1n) is 11.0. The summed E-state index contributed by atoms with van der Waals surface area (Å²) in [5.74, 6) is -0.0371. The van der Waals surface area contributed by atoms with Crippen molar-refractivity contribution in [3.05, 3.63) is 136 Å². The smallest absolute Gasteiger partial charge is 0.281 e. The molecule has 172 valence electrons. The molecule has 4 nitrogen and oxygen atoms in total. The van der Waals surface area contributed by atoms with E-state index in [1.807, 2.05) is 72.8 Å². The van der Waals surface area contributed by atoms with Gasteiger partial charge in [0.2, 0.25) is 0 Å². The molecule has 4 aromatic rings. The van der Waals surface area contributed by atoms with Gasteiger partial charge in [-0.15, -0.1) is 0 Å². The maximum Gasteiger partial charge on any atom is 0.281 e. The van der Waals surface area contributed by atoms with E-state index >= 15 is 0 Å². The molecule has 0 spiro atoms. The lowest BCUT2D eigenvalue weighted by molar-refractivity contribution is -0.114. The number of carbonyl (C=O) groups excluding carboxylic acids is 1. The van der Waals surface area contributed by atoms with E-state index in [1.165, 1.54) is 11.1 Å². The number of halogens is 2. The molecule has 0 N–H and O–H groups in total. The highest BCUT2D eigenvalue weighted by Gasteiger charge is 2.32. The third-order valence-corrected chi connectivity index (χ3v) is 6.03. The van der Waals surface area contributed by atoms with Crippen LogP contribution in [0, 0.1) is 5.82 Å². The van der Waals surface area contributed by atoms with Gasteiger partial charge in [-0.1, -0.05) is 82.7 Å². The third-order valence-electron chi connectivity index (χ3n) is 5.54. The van der Waals surface area contributed by atoms with Gasteiger partial charge in [0.25, 0.3) is 5.91 Å². The molecule has 0 atom stereocenters. The Bertz CT molecular complexity index is 1440. The summed E-state index contributed by atoms with van der Waals surface area (Å²) in [6.07, 6.45) is 1.78. The van der Waals surface area contributed by atoms with Gasteiger partial charge in [-0.2, -0.15) is 10.1 Å². The normalized spacial score (nSPS) is 14.3. The number of hydrogen-bond acceptors (Lipinski definition) is 3. The molecule has 0 saturated carbocycles. The maximum absolute atomic E-state index is 14.1. The minimum atomic E-state index is -0.326. The van der Waals surface area contributed by atoms with Gasteiger partial charge in [0, 0.05) is 21.2 Å². The van der Waals surface area contributed by atoms with E-state index in [0.29, 0.717) is 33.8 Å². The lowest BCUT2D eigenvalue weighted by atomic mass is 10.00. The third kappa shape index (κ3) is 4.93. The minimum absolute atomic E-state index is 0.0637. The highest BCUT2D eigenvalue weighted by molar-refractivity contribution is 9.10. The Balaban J connectivity index is 1.55. The van der Waals surface area contributed by atoms with Gasteiger partial charge in [-0.25, -0.2) is 4.39 Å². The lowest BCUT2D eigenvalue weighted by Gasteiger charge is -2.12. The van der Waals surface area contributed by atoms with Crippen molar-refractivity contribution >= 4 is 39.3 Å². The van der Waals surface area contributed by atoms with Crippen LogP contribution in [0.2, 0.25) is 0 Å². The average Bonchev–Trinajstić information content (AvgIpc) is 3.21. The number of hydrazone groups is 1. The summed E-state index contributed by atoms with van der Waals surface area (Å²) in [5, 5.41) is 6.08. The molecule has 35 heavy (non-hydrogen) atoms. The number of amides is 1. The van der Waals surface area contributed by atoms with Crippen molar-refractivity contribution in [2.24, 2.45) is 5.10 Å². The maximum atomic E-state index is 14.1. The first-order chi connectivity index (χ1) is 17.1. The van der Waals surface area contributed by atoms with Crippen LogP contribution in [-0.2, 0) is 11.4 Å². The van der Waals surface area contributed by atoms with E-state index in [9.17, 15) is 9.18 Å². The Morgan fingerprint density at radius 3 is 2.31 bits per heavy atom. The molecule has 0 unspecified atom stereocenters. The Labute approximate surface area is 211 Å². The van der Waals surface area contributed by atoms with Gasteiger partial charge in [0.05, 0.1) is 11.3 Å². The van der Waals surface area contributed by atoms with Gasteiger partial charge < -0.3 is 4.74 Å². The summed E-state index contributed by atoms with van der Waals surface area (Å²) in [7, 11) is 0. The SMILES string of the molecule is O=C1/C(=C\c2cc(Br)ccc2OCc2ccccc2F)C(c2ccccc2)=NN1c1ccccc1. The highest BCUT2D eigenvalue weighted by atomic mass is 79.9. The van der Waals surface area contributed by atoms with Gasteiger partial charge in [-0.05, 0) is 42.5 Å². The molecule has 0 radical (unpaired) electrons. The van der Waals surface area contributed by atoms with E-state index in [1.54, 1.807) is 30.3 Å². The van der Waals surface area contributed by atoms with Crippen molar-refractivity contribution in [3.8, 4) is 5.75 Å². The number of anilines is 1. The molecular weight excluding hydrogens is 507 g/mol. The van der Waals surface area contributed by atoms with Crippen LogP contribution >= 0.6 is 15.9 Å². The van der Waals surface area contributed by atoms with Crippen LogP contribution in [0.15, 0.2) is 118 Å². The number of nitrogens with zero attached hydrogens (tertiary/aromatic N) is 2. The summed E-state index contributed by atoms with van der Waals surface area (Å²) >= 11 is 3.51. The largest absolute Gasteiger partial charge is 0.488 e. The first kappa shape index (κ1) is 22.7. The first-order valence-corrected chi connectivity index (χ1v) is 11.8. The number of rotatable bonds is 6. The van der Waals surface area contributed by atoms with Gasteiger partial charge in [0.1, 0.15) is 23.9 Å². The molecule has 1 heterocycles.